The van der Waals surface area contributed by atoms with Crippen LogP contribution in [-0.4, -0.2) is 62.9 Å². The number of hydrogen-bond donors (Lipinski definition) is 2. The molecule has 3 N–H and O–H groups in total. The van der Waals surface area contributed by atoms with Crippen LogP contribution in [0.15, 0.2) is 0 Å². The number of nitrogens with zero attached hydrogens (tertiary/aromatic N) is 2. The first-order valence-corrected chi connectivity index (χ1v) is 9.18. The summed E-state index contributed by atoms with van der Waals surface area (Å²) in [6, 6.07) is -0.0379. The van der Waals surface area contributed by atoms with Gasteiger partial charge in [-0.1, -0.05) is 20.3 Å². The van der Waals surface area contributed by atoms with E-state index in [1.165, 1.54) is 0 Å². The van der Waals surface area contributed by atoms with Gasteiger partial charge in [0.25, 0.3) is 10.2 Å². The second kappa shape index (κ2) is 8.94. The third kappa shape index (κ3) is 5.29. The summed E-state index contributed by atoms with van der Waals surface area (Å²) in [5.74, 6) is 0. The zero-order chi connectivity index (χ0) is 15.0. The SMILES string of the molecule is CCN(CC)CCCNS(=O)(=O)N1CCCCC1CN. The van der Waals surface area contributed by atoms with Crippen molar-refractivity contribution in [2.75, 3.05) is 39.3 Å². The lowest BCUT2D eigenvalue weighted by atomic mass is 10.1. The van der Waals surface area contributed by atoms with Gasteiger partial charge in [-0.05, 0) is 38.9 Å². The molecule has 1 aliphatic rings. The fourth-order valence-corrected chi connectivity index (χ4v) is 4.17. The monoisotopic (exact) mass is 306 g/mol. The maximum absolute atomic E-state index is 12.3. The summed E-state index contributed by atoms with van der Waals surface area (Å²) in [4.78, 5) is 2.29. The Balaban J connectivity index is 2.40. The predicted molar refractivity (Wildman–Crippen MR) is 82.7 cm³/mol. The molecule has 0 bridgehead atoms. The molecule has 1 saturated heterocycles. The van der Waals surface area contributed by atoms with Gasteiger partial charge in [0.1, 0.15) is 0 Å². The van der Waals surface area contributed by atoms with Gasteiger partial charge in [0.05, 0.1) is 0 Å². The minimum absolute atomic E-state index is 0.0379. The van der Waals surface area contributed by atoms with Crippen LogP contribution in [0.25, 0.3) is 0 Å². The molecule has 0 aromatic heterocycles. The van der Waals surface area contributed by atoms with E-state index in [-0.39, 0.29) is 6.04 Å². The summed E-state index contributed by atoms with van der Waals surface area (Å²) in [7, 11) is -3.37. The molecule has 0 radical (unpaired) electrons. The molecule has 20 heavy (non-hydrogen) atoms. The fraction of sp³-hybridized carbons (Fsp3) is 1.00. The third-order valence-electron chi connectivity index (χ3n) is 3.98. The predicted octanol–water partition coefficient (Wildman–Crippen LogP) is 0.366. The molecule has 0 amide bonds. The molecule has 0 saturated carbocycles. The van der Waals surface area contributed by atoms with E-state index in [9.17, 15) is 8.42 Å². The smallest absolute Gasteiger partial charge is 0.279 e. The molecule has 1 fully saturated rings. The third-order valence-corrected chi connectivity index (χ3v) is 5.65. The van der Waals surface area contributed by atoms with Crippen molar-refractivity contribution < 1.29 is 8.42 Å². The normalized spacial score (nSPS) is 21.5. The zero-order valence-corrected chi connectivity index (χ0v) is 13.7. The average molecular weight is 306 g/mol. The van der Waals surface area contributed by atoms with Crippen LogP contribution in [0.1, 0.15) is 39.5 Å². The molecule has 6 nitrogen and oxygen atoms in total. The van der Waals surface area contributed by atoms with Gasteiger partial charge < -0.3 is 10.6 Å². The zero-order valence-electron chi connectivity index (χ0n) is 12.8. The highest BCUT2D eigenvalue weighted by Crippen LogP contribution is 2.18. The van der Waals surface area contributed by atoms with Crippen molar-refractivity contribution in [3.63, 3.8) is 0 Å². The first kappa shape index (κ1) is 17.8. The van der Waals surface area contributed by atoms with Gasteiger partial charge in [-0.25, -0.2) is 4.72 Å². The van der Waals surface area contributed by atoms with Crippen molar-refractivity contribution in [2.24, 2.45) is 5.73 Å². The van der Waals surface area contributed by atoms with Crippen LogP contribution in [-0.2, 0) is 10.2 Å². The van der Waals surface area contributed by atoms with Crippen LogP contribution in [0.3, 0.4) is 0 Å². The van der Waals surface area contributed by atoms with Gasteiger partial charge in [0, 0.05) is 25.7 Å². The molecule has 0 aromatic carbocycles. The van der Waals surface area contributed by atoms with Crippen molar-refractivity contribution in [1.82, 2.24) is 13.9 Å². The minimum Gasteiger partial charge on any atom is -0.329 e. The van der Waals surface area contributed by atoms with E-state index in [0.717, 1.165) is 45.3 Å². The van der Waals surface area contributed by atoms with Gasteiger partial charge in [-0.2, -0.15) is 12.7 Å². The van der Waals surface area contributed by atoms with Crippen molar-refractivity contribution in [2.45, 2.75) is 45.6 Å². The summed E-state index contributed by atoms with van der Waals surface area (Å²) in [6.45, 7) is 8.66. The largest absolute Gasteiger partial charge is 0.329 e. The van der Waals surface area contributed by atoms with E-state index in [1.54, 1.807) is 4.31 Å². The van der Waals surface area contributed by atoms with Crippen molar-refractivity contribution in [1.29, 1.82) is 0 Å². The quantitative estimate of drug-likeness (QED) is 0.603. The Morgan fingerprint density at radius 1 is 1.30 bits per heavy atom. The highest BCUT2D eigenvalue weighted by molar-refractivity contribution is 7.87. The Hall–Kier alpha value is -0.210. The Morgan fingerprint density at radius 2 is 2.00 bits per heavy atom. The Morgan fingerprint density at radius 3 is 2.60 bits per heavy atom. The minimum atomic E-state index is -3.37. The van der Waals surface area contributed by atoms with E-state index in [1.807, 2.05) is 0 Å². The highest BCUT2D eigenvalue weighted by Gasteiger charge is 2.30. The highest BCUT2D eigenvalue weighted by atomic mass is 32.2. The molecular weight excluding hydrogens is 276 g/mol. The van der Waals surface area contributed by atoms with Crippen LogP contribution >= 0.6 is 0 Å². The van der Waals surface area contributed by atoms with Crippen LogP contribution < -0.4 is 10.5 Å². The summed E-state index contributed by atoms with van der Waals surface area (Å²) in [5.41, 5.74) is 5.68. The second-order valence-electron chi connectivity index (χ2n) is 5.28. The van der Waals surface area contributed by atoms with Crippen LogP contribution in [0.2, 0.25) is 0 Å². The summed E-state index contributed by atoms with van der Waals surface area (Å²) in [5, 5.41) is 0. The lowest BCUT2D eigenvalue weighted by Gasteiger charge is -2.33. The number of piperidine rings is 1. The van der Waals surface area contributed by atoms with E-state index in [0.29, 0.717) is 19.6 Å². The number of hydrogen-bond acceptors (Lipinski definition) is 4. The lowest BCUT2D eigenvalue weighted by Crippen LogP contribution is -2.51. The van der Waals surface area contributed by atoms with Gasteiger partial charge in [-0.3, -0.25) is 0 Å². The molecule has 1 unspecified atom stereocenters. The number of nitrogens with two attached hydrogens (primary N) is 1. The number of nitrogens with one attached hydrogen (secondary N) is 1. The molecule has 7 heteroatoms. The van der Waals surface area contributed by atoms with Gasteiger partial charge in [0.15, 0.2) is 0 Å². The van der Waals surface area contributed by atoms with E-state index in [2.05, 4.69) is 23.5 Å². The Bertz CT molecular complexity index is 357. The van der Waals surface area contributed by atoms with Crippen LogP contribution in [0, 0.1) is 0 Å². The van der Waals surface area contributed by atoms with E-state index < -0.39 is 10.2 Å². The summed E-state index contributed by atoms with van der Waals surface area (Å²) in [6.07, 6.45) is 3.70. The summed E-state index contributed by atoms with van der Waals surface area (Å²) < 4.78 is 28.8. The first-order chi connectivity index (χ1) is 9.55. The number of rotatable bonds is 9. The maximum atomic E-state index is 12.3. The Labute approximate surface area is 123 Å². The van der Waals surface area contributed by atoms with E-state index in [4.69, 9.17) is 5.73 Å². The molecule has 1 rings (SSSR count). The second-order valence-corrected chi connectivity index (χ2v) is 6.98. The molecule has 1 aliphatic heterocycles. The topological polar surface area (TPSA) is 78.7 Å². The fourth-order valence-electron chi connectivity index (χ4n) is 2.65. The van der Waals surface area contributed by atoms with Crippen molar-refractivity contribution >= 4 is 10.2 Å². The molecule has 1 atom stereocenters. The lowest BCUT2D eigenvalue weighted by molar-refractivity contribution is 0.253. The van der Waals surface area contributed by atoms with Crippen molar-refractivity contribution in [3.8, 4) is 0 Å². The standard InChI is InChI=1S/C13H30N4O2S/c1-3-16(4-2)10-7-9-15-20(18,19)17-11-6-5-8-13(17)12-14/h13,15H,3-12,14H2,1-2H3. The average Bonchev–Trinajstić information content (AvgIpc) is 2.47. The molecule has 0 aromatic rings. The molecule has 0 spiro atoms. The Kier molecular flexibility index (Phi) is 7.98. The van der Waals surface area contributed by atoms with Gasteiger partial charge in [-0.15, -0.1) is 0 Å². The molecular formula is C13H30N4O2S. The maximum Gasteiger partial charge on any atom is 0.279 e. The van der Waals surface area contributed by atoms with Crippen LogP contribution in [0.4, 0.5) is 0 Å². The molecule has 1 heterocycles. The molecule has 0 aliphatic carbocycles. The van der Waals surface area contributed by atoms with Crippen LogP contribution in [0.5, 0.6) is 0 Å². The van der Waals surface area contributed by atoms with E-state index >= 15 is 0 Å². The van der Waals surface area contributed by atoms with Gasteiger partial charge in [0.2, 0.25) is 0 Å². The summed E-state index contributed by atoms with van der Waals surface area (Å²) >= 11 is 0. The van der Waals surface area contributed by atoms with Gasteiger partial charge >= 0.3 is 0 Å². The first-order valence-electron chi connectivity index (χ1n) is 7.74. The molecule has 120 valence electrons. The van der Waals surface area contributed by atoms with Crippen molar-refractivity contribution in [3.05, 3.63) is 0 Å².